The minimum atomic E-state index is -0.637. The summed E-state index contributed by atoms with van der Waals surface area (Å²) < 4.78 is 0. The van der Waals surface area contributed by atoms with E-state index < -0.39 is 6.10 Å². The van der Waals surface area contributed by atoms with E-state index in [0.29, 0.717) is 12.1 Å². The molecule has 118 valence electrons. The van der Waals surface area contributed by atoms with Gasteiger partial charge in [0.25, 0.3) is 0 Å². The van der Waals surface area contributed by atoms with Gasteiger partial charge in [0.2, 0.25) is 0 Å². The normalized spacial score (nSPS) is 18.9. The molecule has 23 heavy (non-hydrogen) atoms. The average Bonchev–Trinajstić information content (AvgIpc) is 2.61. The van der Waals surface area contributed by atoms with Gasteiger partial charge in [-0.15, -0.1) is 0 Å². The van der Waals surface area contributed by atoms with E-state index in [1.54, 1.807) is 24.3 Å². The van der Waals surface area contributed by atoms with Gasteiger partial charge in [0.05, 0.1) is 30.4 Å². The van der Waals surface area contributed by atoms with Crippen LogP contribution in [0.15, 0.2) is 48.5 Å². The molecule has 0 saturated heterocycles. The van der Waals surface area contributed by atoms with Crippen LogP contribution in [0.25, 0.3) is 0 Å². The molecule has 4 heteroatoms. The number of aliphatic hydroxyl groups excluding tert-OH is 2. The summed E-state index contributed by atoms with van der Waals surface area (Å²) in [6.45, 7) is 1.32. The van der Waals surface area contributed by atoms with E-state index in [1.165, 1.54) is 5.56 Å². The Kier molecular flexibility index (Phi) is 4.73. The van der Waals surface area contributed by atoms with Crippen LogP contribution >= 0.6 is 0 Å². The van der Waals surface area contributed by atoms with E-state index in [0.717, 1.165) is 24.1 Å². The van der Waals surface area contributed by atoms with Crippen LogP contribution in [-0.2, 0) is 6.42 Å². The van der Waals surface area contributed by atoms with Crippen LogP contribution in [0, 0.1) is 11.3 Å². The zero-order chi connectivity index (χ0) is 16.2. The summed E-state index contributed by atoms with van der Waals surface area (Å²) in [6, 6.07) is 17.2. The van der Waals surface area contributed by atoms with Crippen LogP contribution in [0.3, 0.4) is 0 Å². The third kappa shape index (κ3) is 3.27. The highest BCUT2D eigenvalue weighted by Gasteiger charge is 2.28. The fourth-order valence-electron chi connectivity index (χ4n) is 3.24. The highest BCUT2D eigenvalue weighted by molar-refractivity contribution is 5.34. The summed E-state index contributed by atoms with van der Waals surface area (Å²) in [5, 5.41) is 29.1. The molecule has 2 aromatic carbocycles. The molecule has 0 fully saturated rings. The lowest BCUT2D eigenvalue weighted by molar-refractivity contribution is 0.0561. The Labute approximate surface area is 136 Å². The topological polar surface area (TPSA) is 67.5 Å². The maximum atomic E-state index is 10.5. The second kappa shape index (κ2) is 6.93. The molecule has 1 heterocycles. The van der Waals surface area contributed by atoms with E-state index in [9.17, 15) is 10.2 Å². The second-order valence-corrected chi connectivity index (χ2v) is 5.89. The molecule has 0 aliphatic carbocycles. The van der Waals surface area contributed by atoms with Crippen molar-refractivity contribution in [2.75, 3.05) is 19.7 Å². The van der Waals surface area contributed by atoms with Crippen LogP contribution in [0.2, 0.25) is 0 Å². The lowest BCUT2D eigenvalue weighted by Crippen LogP contribution is -2.39. The molecule has 2 atom stereocenters. The van der Waals surface area contributed by atoms with Gasteiger partial charge in [-0.05, 0) is 35.2 Å². The molecule has 0 bridgehead atoms. The number of β-amino-alcohol motifs (C(OH)–C–C–N with tert-alkyl or cyclic N) is 1. The Hall–Kier alpha value is -2.19. The molecule has 2 aromatic rings. The average molecular weight is 308 g/mol. The van der Waals surface area contributed by atoms with Crippen molar-refractivity contribution in [1.29, 1.82) is 5.26 Å². The molecule has 4 nitrogen and oxygen atoms in total. The van der Waals surface area contributed by atoms with E-state index in [1.807, 2.05) is 12.1 Å². The summed E-state index contributed by atoms with van der Waals surface area (Å²) in [6.07, 6.45) is 0.286. The molecule has 1 aliphatic heterocycles. The van der Waals surface area contributed by atoms with Gasteiger partial charge >= 0.3 is 0 Å². The number of hydrogen-bond donors (Lipinski definition) is 2. The van der Waals surface area contributed by atoms with Crippen molar-refractivity contribution in [2.24, 2.45) is 0 Å². The van der Waals surface area contributed by atoms with Crippen LogP contribution in [0.5, 0.6) is 0 Å². The number of hydrogen-bond acceptors (Lipinski definition) is 4. The molecule has 2 unspecified atom stereocenters. The Balaban J connectivity index is 1.75. The largest absolute Gasteiger partial charge is 0.394 e. The van der Waals surface area contributed by atoms with Crippen molar-refractivity contribution < 1.29 is 10.2 Å². The predicted octanol–water partition coefficient (Wildman–Crippen LogP) is 2.18. The minimum absolute atomic E-state index is 0.0388. The van der Waals surface area contributed by atoms with E-state index in [-0.39, 0.29) is 12.6 Å². The van der Waals surface area contributed by atoms with E-state index in [4.69, 9.17) is 5.26 Å². The van der Waals surface area contributed by atoms with Crippen LogP contribution in [0.1, 0.15) is 34.4 Å². The molecule has 0 spiro atoms. The highest BCUT2D eigenvalue weighted by atomic mass is 16.3. The fraction of sp³-hybridized carbons (Fsp3) is 0.316. The fourth-order valence-corrected chi connectivity index (χ4v) is 3.24. The first kappa shape index (κ1) is 15.7. The van der Waals surface area contributed by atoms with Gasteiger partial charge in [0, 0.05) is 13.1 Å². The summed E-state index contributed by atoms with van der Waals surface area (Å²) in [4.78, 5) is 2.13. The lowest BCUT2D eigenvalue weighted by Gasteiger charge is -2.37. The third-order valence-corrected chi connectivity index (χ3v) is 4.53. The summed E-state index contributed by atoms with van der Waals surface area (Å²) >= 11 is 0. The number of benzene rings is 2. The van der Waals surface area contributed by atoms with Gasteiger partial charge in [0.1, 0.15) is 0 Å². The van der Waals surface area contributed by atoms with E-state index in [2.05, 4.69) is 23.1 Å². The van der Waals surface area contributed by atoms with Crippen molar-refractivity contribution in [2.45, 2.75) is 18.6 Å². The summed E-state index contributed by atoms with van der Waals surface area (Å²) in [7, 11) is 0. The number of fused-ring (bicyclic) bond motifs is 1. The molecular formula is C19H20N2O2. The minimum Gasteiger partial charge on any atom is -0.394 e. The number of aliphatic hydroxyl groups is 2. The molecule has 1 aliphatic rings. The maximum Gasteiger partial charge on any atom is 0.0991 e. The van der Waals surface area contributed by atoms with E-state index >= 15 is 0 Å². The molecule has 0 aromatic heterocycles. The Bertz CT molecular complexity index is 706. The first-order chi connectivity index (χ1) is 11.2. The van der Waals surface area contributed by atoms with Gasteiger partial charge in [-0.1, -0.05) is 36.4 Å². The molecule has 2 N–H and O–H groups in total. The number of nitrogens with zero attached hydrogens (tertiary/aromatic N) is 2. The van der Waals surface area contributed by atoms with Gasteiger partial charge < -0.3 is 10.2 Å². The second-order valence-electron chi connectivity index (χ2n) is 5.89. The highest BCUT2D eigenvalue weighted by Crippen LogP contribution is 2.30. The Morgan fingerprint density at radius 2 is 1.91 bits per heavy atom. The standard InChI is InChI=1S/C19H20N2O2/c20-11-14-5-7-16(8-6-14)19(23)12-21-10-9-15-3-1-2-4-17(15)18(21)13-22/h1-8,18-19,22-23H,9-10,12-13H2. The van der Waals surface area contributed by atoms with Crippen molar-refractivity contribution in [3.05, 3.63) is 70.8 Å². The third-order valence-electron chi connectivity index (χ3n) is 4.53. The van der Waals surface area contributed by atoms with Gasteiger partial charge in [-0.25, -0.2) is 0 Å². The van der Waals surface area contributed by atoms with Crippen molar-refractivity contribution in [3.8, 4) is 6.07 Å². The first-order valence-corrected chi connectivity index (χ1v) is 7.83. The number of rotatable bonds is 4. The Morgan fingerprint density at radius 1 is 1.17 bits per heavy atom. The van der Waals surface area contributed by atoms with Crippen LogP contribution in [0.4, 0.5) is 0 Å². The van der Waals surface area contributed by atoms with Gasteiger partial charge in [-0.2, -0.15) is 5.26 Å². The Morgan fingerprint density at radius 3 is 2.61 bits per heavy atom. The maximum absolute atomic E-state index is 10.5. The summed E-state index contributed by atoms with van der Waals surface area (Å²) in [5.74, 6) is 0. The zero-order valence-corrected chi connectivity index (χ0v) is 12.9. The van der Waals surface area contributed by atoms with Gasteiger partial charge in [0.15, 0.2) is 0 Å². The first-order valence-electron chi connectivity index (χ1n) is 7.83. The molecule has 0 radical (unpaired) electrons. The van der Waals surface area contributed by atoms with Crippen molar-refractivity contribution in [3.63, 3.8) is 0 Å². The smallest absolute Gasteiger partial charge is 0.0991 e. The predicted molar refractivity (Wildman–Crippen MR) is 87.7 cm³/mol. The molecule has 3 rings (SSSR count). The molecule has 0 amide bonds. The van der Waals surface area contributed by atoms with Crippen molar-refractivity contribution >= 4 is 0 Å². The van der Waals surface area contributed by atoms with Gasteiger partial charge in [-0.3, -0.25) is 4.90 Å². The quantitative estimate of drug-likeness (QED) is 0.908. The zero-order valence-electron chi connectivity index (χ0n) is 12.9. The number of nitriles is 1. The van der Waals surface area contributed by atoms with Crippen LogP contribution in [-0.4, -0.2) is 34.8 Å². The molecular weight excluding hydrogens is 288 g/mol. The van der Waals surface area contributed by atoms with Crippen molar-refractivity contribution in [1.82, 2.24) is 4.90 Å². The molecule has 0 saturated carbocycles. The monoisotopic (exact) mass is 308 g/mol. The SMILES string of the molecule is N#Cc1ccc(C(O)CN2CCc3ccccc3C2CO)cc1. The lowest BCUT2D eigenvalue weighted by atomic mass is 9.92. The summed E-state index contributed by atoms with van der Waals surface area (Å²) in [5.41, 5.74) is 3.80. The van der Waals surface area contributed by atoms with Crippen LogP contribution < -0.4 is 0 Å².